The van der Waals surface area contributed by atoms with Gasteiger partial charge in [-0.25, -0.2) is 10.2 Å². The number of halogens is 1. The maximum absolute atomic E-state index is 9.54. The highest BCUT2D eigenvalue weighted by Gasteiger charge is 2.39. The summed E-state index contributed by atoms with van der Waals surface area (Å²) in [6.45, 7) is 14.8. The van der Waals surface area contributed by atoms with Crippen molar-refractivity contribution in [2.45, 2.75) is 78.4 Å². The minimum atomic E-state index is -0.0294. The van der Waals surface area contributed by atoms with E-state index in [4.69, 9.17) is 22.2 Å². The largest absolute Gasteiger partial charge is 0.404 e. The SMILES string of the molecule is CC.Cc1nc(/C=C(\N)c2ccc(C(=C/N)/C=N/PI)cc2OO)c(N)n1C1CC(C)(C)NC(C)(C)C1. The smallest absolute Gasteiger partial charge is 0.175 e. The van der Waals surface area contributed by atoms with Gasteiger partial charge in [-0.3, -0.25) is 4.76 Å². The van der Waals surface area contributed by atoms with Gasteiger partial charge in [0.05, 0.1) is 6.37 Å². The Kier molecular flexibility index (Phi) is 11.0. The summed E-state index contributed by atoms with van der Waals surface area (Å²) in [4.78, 5) is 9.36. The van der Waals surface area contributed by atoms with Crippen molar-refractivity contribution < 1.29 is 10.1 Å². The normalized spacial score (nSPS) is 18.3. The third kappa shape index (κ3) is 7.69. The highest BCUT2D eigenvalue weighted by atomic mass is 127. The molecule has 0 radical (unpaired) electrons. The number of anilines is 1. The van der Waals surface area contributed by atoms with Gasteiger partial charge < -0.3 is 32.0 Å². The maximum Gasteiger partial charge on any atom is 0.175 e. The first-order valence-corrected chi connectivity index (χ1v) is 16.3. The predicted octanol–water partition coefficient (Wildman–Crippen LogP) is 5.90. The number of allylic oxidation sites excluding steroid dienone is 1. The summed E-state index contributed by atoms with van der Waals surface area (Å²) in [5.74, 6) is 1.59. The molecule has 0 bridgehead atoms. The molecule has 9 nitrogen and oxygen atoms in total. The average molecular weight is 642 g/mol. The molecule has 11 heteroatoms. The summed E-state index contributed by atoms with van der Waals surface area (Å²) in [6.07, 6.45) is 7.08. The Balaban J connectivity index is 0.00000235. The number of hydrogen-bond donors (Lipinski definition) is 5. The van der Waals surface area contributed by atoms with Crippen molar-refractivity contribution in [2.75, 3.05) is 5.73 Å². The van der Waals surface area contributed by atoms with Gasteiger partial charge in [0.2, 0.25) is 0 Å². The van der Waals surface area contributed by atoms with E-state index in [0.29, 0.717) is 34.7 Å². The van der Waals surface area contributed by atoms with Gasteiger partial charge in [-0.1, -0.05) is 19.9 Å². The molecular formula is C26H41IN7O2P. The Morgan fingerprint density at radius 2 is 1.89 bits per heavy atom. The van der Waals surface area contributed by atoms with Crippen LogP contribution >= 0.6 is 28.4 Å². The summed E-state index contributed by atoms with van der Waals surface area (Å²) in [5.41, 5.74) is 21.6. The number of nitrogen functional groups attached to an aromatic ring is 1. The van der Waals surface area contributed by atoms with Crippen LogP contribution in [0.4, 0.5) is 5.82 Å². The third-order valence-electron chi connectivity index (χ3n) is 6.14. The number of piperidine rings is 1. The molecule has 1 aromatic heterocycles. The van der Waals surface area contributed by atoms with Crippen LogP contribution in [-0.4, -0.2) is 32.1 Å². The minimum absolute atomic E-state index is 0.0294. The number of nitrogens with two attached hydrogens (primary N) is 3. The number of imidazole rings is 1. The van der Waals surface area contributed by atoms with E-state index >= 15 is 0 Å². The molecule has 204 valence electrons. The van der Waals surface area contributed by atoms with Gasteiger partial charge in [-0.05, 0) is 93.3 Å². The molecule has 1 atom stereocenters. The van der Waals surface area contributed by atoms with Gasteiger partial charge in [-0.2, -0.15) is 0 Å². The summed E-state index contributed by atoms with van der Waals surface area (Å²) in [7, 11) is 0. The molecule has 3 rings (SSSR count). The van der Waals surface area contributed by atoms with E-state index < -0.39 is 0 Å². The molecule has 1 saturated heterocycles. The number of hydrogen-bond acceptors (Lipinski definition) is 8. The van der Waals surface area contributed by atoms with Crippen LogP contribution < -0.4 is 27.4 Å². The molecule has 2 aromatic rings. The summed E-state index contributed by atoms with van der Waals surface area (Å²) in [6, 6.07) is 5.46. The second-order valence-corrected chi connectivity index (χ2v) is 12.0. The molecule has 1 fully saturated rings. The number of nitrogens with one attached hydrogen (secondary N) is 1. The van der Waals surface area contributed by atoms with Crippen LogP contribution in [0.3, 0.4) is 0 Å². The first-order chi connectivity index (χ1) is 17.4. The second kappa shape index (κ2) is 13.1. The van der Waals surface area contributed by atoms with E-state index in [1.54, 1.807) is 24.4 Å². The fourth-order valence-electron chi connectivity index (χ4n) is 5.15. The van der Waals surface area contributed by atoms with E-state index in [1.807, 2.05) is 26.8 Å². The van der Waals surface area contributed by atoms with Crippen LogP contribution in [0.25, 0.3) is 17.3 Å². The van der Waals surface area contributed by atoms with Crippen LogP contribution in [0, 0.1) is 6.92 Å². The molecule has 0 amide bonds. The number of nitrogens with zero attached hydrogens (tertiary/aromatic N) is 3. The average Bonchev–Trinajstić information content (AvgIpc) is 3.11. The predicted molar refractivity (Wildman–Crippen MR) is 167 cm³/mol. The van der Waals surface area contributed by atoms with Crippen molar-refractivity contribution in [2.24, 2.45) is 16.2 Å². The topological polar surface area (TPSA) is 150 Å². The maximum atomic E-state index is 9.54. The molecular weight excluding hydrogens is 600 g/mol. The zero-order chi connectivity index (χ0) is 28.0. The van der Waals surface area contributed by atoms with Crippen LogP contribution in [0.1, 0.15) is 83.1 Å². The van der Waals surface area contributed by atoms with Gasteiger partial charge in [0, 0.05) is 46.4 Å². The first-order valence-electron chi connectivity index (χ1n) is 12.3. The highest BCUT2D eigenvalue weighted by molar-refractivity contribution is 14.2. The highest BCUT2D eigenvalue weighted by Crippen LogP contribution is 2.39. The summed E-state index contributed by atoms with van der Waals surface area (Å²) in [5, 5.41) is 13.2. The fraction of sp³-hybridized carbons (Fsp3) is 0.462. The molecule has 0 aliphatic carbocycles. The van der Waals surface area contributed by atoms with Crippen LogP contribution in [0.2, 0.25) is 0 Å². The lowest BCUT2D eigenvalue weighted by molar-refractivity contribution is -0.137. The summed E-state index contributed by atoms with van der Waals surface area (Å²) < 4.78 is 6.35. The monoisotopic (exact) mass is 641 g/mol. The van der Waals surface area contributed by atoms with Gasteiger partial charge in [0.1, 0.15) is 17.3 Å². The Hall–Kier alpha value is -2.14. The van der Waals surface area contributed by atoms with Crippen molar-refractivity contribution >= 4 is 57.8 Å². The van der Waals surface area contributed by atoms with Crippen molar-refractivity contribution in [3.8, 4) is 5.75 Å². The molecule has 0 saturated carbocycles. The van der Waals surface area contributed by atoms with Crippen LogP contribution in [0.5, 0.6) is 5.75 Å². The number of rotatable bonds is 7. The fourth-order valence-corrected chi connectivity index (χ4v) is 5.76. The van der Waals surface area contributed by atoms with Gasteiger partial charge in [-0.15, -0.1) is 0 Å². The molecule has 1 unspecified atom stereocenters. The van der Waals surface area contributed by atoms with Gasteiger partial charge in [0.25, 0.3) is 0 Å². The van der Waals surface area contributed by atoms with Crippen LogP contribution in [-0.2, 0) is 0 Å². The zero-order valence-electron chi connectivity index (χ0n) is 22.8. The Labute approximate surface area is 235 Å². The van der Waals surface area contributed by atoms with Crippen molar-refractivity contribution in [3.63, 3.8) is 0 Å². The Bertz CT molecular complexity index is 1160. The number of benzene rings is 1. The molecule has 1 aromatic carbocycles. The second-order valence-electron chi connectivity index (χ2n) is 10.1. The lowest BCUT2D eigenvalue weighted by Crippen LogP contribution is -2.58. The first kappa shape index (κ1) is 31.1. The number of aryl methyl sites for hydroxylation is 1. The van der Waals surface area contributed by atoms with E-state index in [0.717, 1.165) is 24.2 Å². The lowest BCUT2D eigenvalue weighted by Gasteiger charge is -2.47. The molecule has 0 spiro atoms. The van der Waals surface area contributed by atoms with Crippen molar-refractivity contribution in [1.82, 2.24) is 14.9 Å². The van der Waals surface area contributed by atoms with Crippen LogP contribution in [0.15, 0.2) is 29.2 Å². The standard InChI is InChI=1S/C24H35IN7O2P.C2H6/c1-14-30-20(22(28)32(14)17-10-23(2,3)31-24(4,5)11-17)9-19(27)18-7-6-15(8-21(18)34-33)16(12-26)13-29-35-25;1-2/h6-9,12-13,17,31,33,35H,10-11,26-28H2,1-5H3;1-2H3/b16-12+,19-9-,29-13+;. The zero-order valence-corrected chi connectivity index (χ0v) is 25.9. The molecule has 1 aliphatic heterocycles. The number of aromatic nitrogens is 2. The quantitative estimate of drug-likeness (QED) is 0.0831. The van der Waals surface area contributed by atoms with Crippen molar-refractivity contribution in [1.29, 1.82) is 0 Å². The molecule has 2 heterocycles. The lowest BCUT2D eigenvalue weighted by atomic mass is 9.79. The molecule has 1 aliphatic rings. The van der Waals surface area contributed by atoms with E-state index in [2.05, 4.69) is 69.3 Å². The Morgan fingerprint density at radius 3 is 2.43 bits per heavy atom. The third-order valence-corrected chi connectivity index (χ3v) is 7.20. The van der Waals surface area contributed by atoms with E-state index in [9.17, 15) is 5.26 Å². The van der Waals surface area contributed by atoms with Crippen molar-refractivity contribution in [3.05, 3.63) is 47.0 Å². The summed E-state index contributed by atoms with van der Waals surface area (Å²) >= 11 is 2.17. The van der Waals surface area contributed by atoms with E-state index in [-0.39, 0.29) is 22.9 Å². The van der Waals surface area contributed by atoms with Gasteiger partial charge in [0.15, 0.2) is 5.75 Å². The minimum Gasteiger partial charge on any atom is -0.404 e. The molecule has 8 N–H and O–H groups in total. The van der Waals surface area contributed by atoms with Gasteiger partial charge >= 0.3 is 0 Å². The molecule has 37 heavy (non-hydrogen) atoms. The van der Waals surface area contributed by atoms with E-state index in [1.165, 1.54) is 6.20 Å². The Morgan fingerprint density at radius 1 is 1.27 bits per heavy atom.